The number of benzene rings is 1. The van der Waals surface area contributed by atoms with E-state index in [0.29, 0.717) is 11.3 Å². The summed E-state index contributed by atoms with van der Waals surface area (Å²) >= 11 is 3.55. The molecule has 0 saturated heterocycles. The number of thioether (sulfide) groups is 1. The summed E-state index contributed by atoms with van der Waals surface area (Å²) in [6.45, 7) is 7.37. The van der Waals surface area contributed by atoms with Gasteiger partial charge in [0.15, 0.2) is 0 Å². The lowest BCUT2D eigenvalue weighted by Gasteiger charge is -2.24. The van der Waals surface area contributed by atoms with E-state index in [4.69, 9.17) is 4.74 Å². The fourth-order valence-corrected chi connectivity index (χ4v) is 4.45. The van der Waals surface area contributed by atoms with Gasteiger partial charge in [-0.15, -0.1) is 11.3 Å². The van der Waals surface area contributed by atoms with Crippen molar-refractivity contribution in [3.63, 3.8) is 0 Å². The smallest absolute Gasteiger partial charge is 0.150 e. The van der Waals surface area contributed by atoms with Crippen molar-refractivity contribution in [3.8, 4) is 5.75 Å². The summed E-state index contributed by atoms with van der Waals surface area (Å²) in [5.41, 5.74) is 2.38. The lowest BCUT2D eigenvalue weighted by Crippen LogP contribution is -2.28. The molecule has 1 N–H and O–H groups in total. The topological polar surface area (TPSA) is 34.1 Å². The number of aromatic nitrogens is 1. The van der Waals surface area contributed by atoms with Crippen molar-refractivity contribution in [1.29, 1.82) is 0 Å². The third kappa shape index (κ3) is 4.46. The van der Waals surface area contributed by atoms with Crippen molar-refractivity contribution < 1.29 is 4.74 Å². The minimum absolute atomic E-state index is 0.301. The first-order valence-electron chi connectivity index (χ1n) is 7.10. The molecular formula is C16H22N2OS2. The van der Waals surface area contributed by atoms with Gasteiger partial charge < -0.3 is 10.1 Å². The quantitative estimate of drug-likeness (QED) is 0.771. The van der Waals surface area contributed by atoms with Crippen LogP contribution in [0.2, 0.25) is 0 Å². The molecule has 5 heteroatoms. The van der Waals surface area contributed by atoms with Crippen LogP contribution in [0.15, 0.2) is 34.0 Å². The van der Waals surface area contributed by atoms with E-state index >= 15 is 0 Å². The van der Waals surface area contributed by atoms with E-state index in [0.717, 1.165) is 22.3 Å². The molecule has 0 amide bonds. The van der Waals surface area contributed by atoms with E-state index < -0.39 is 0 Å². The summed E-state index contributed by atoms with van der Waals surface area (Å²) in [6, 6.07) is 8.61. The molecule has 0 aliphatic heterocycles. The Morgan fingerprint density at radius 3 is 2.57 bits per heavy atom. The molecule has 0 fully saturated rings. The summed E-state index contributed by atoms with van der Waals surface area (Å²) < 4.78 is 6.37. The van der Waals surface area contributed by atoms with Gasteiger partial charge in [-0.05, 0) is 31.2 Å². The highest BCUT2D eigenvalue weighted by Crippen LogP contribution is 2.34. The zero-order chi connectivity index (χ0) is 15.2. The van der Waals surface area contributed by atoms with Crippen LogP contribution in [0, 0.1) is 6.92 Å². The van der Waals surface area contributed by atoms with E-state index in [1.807, 2.05) is 30.8 Å². The van der Waals surface area contributed by atoms with Crippen molar-refractivity contribution >= 4 is 23.1 Å². The molecule has 3 nitrogen and oxygen atoms in total. The summed E-state index contributed by atoms with van der Waals surface area (Å²) in [4.78, 5) is 4.55. The van der Waals surface area contributed by atoms with Gasteiger partial charge in [-0.25, -0.2) is 4.98 Å². The van der Waals surface area contributed by atoms with Crippen molar-refractivity contribution in [3.05, 3.63) is 40.9 Å². The van der Waals surface area contributed by atoms with Crippen LogP contribution in [0.4, 0.5) is 0 Å². The summed E-state index contributed by atoms with van der Waals surface area (Å²) in [6.07, 6.45) is 0. The molecule has 114 valence electrons. The number of hydrogen-bond donors (Lipinski definition) is 1. The molecule has 1 heterocycles. The van der Waals surface area contributed by atoms with Crippen molar-refractivity contribution in [2.24, 2.45) is 0 Å². The third-order valence-corrected chi connectivity index (χ3v) is 5.52. The van der Waals surface area contributed by atoms with Crippen LogP contribution in [0.25, 0.3) is 0 Å². The predicted octanol–water partition coefficient (Wildman–Crippen LogP) is 4.29. The zero-order valence-corrected chi connectivity index (χ0v) is 14.6. The summed E-state index contributed by atoms with van der Waals surface area (Å²) in [5.74, 6) is 0.893. The average molecular weight is 322 g/mol. The van der Waals surface area contributed by atoms with Gasteiger partial charge in [0, 0.05) is 22.4 Å². The maximum atomic E-state index is 5.23. The number of nitrogens with one attached hydrogen (secondary N) is 1. The van der Waals surface area contributed by atoms with Gasteiger partial charge in [0.05, 0.1) is 7.11 Å². The molecule has 0 bridgehead atoms. The van der Waals surface area contributed by atoms with E-state index in [1.54, 1.807) is 18.4 Å². The molecule has 1 aromatic heterocycles. The molecule has 2 aromatic rings. The zero-order valence-electron chi connectivity index (χ0n) is 12.9. The molecule has 2 rings (SSSR count). The molecular weight excluding hydrogens is 300 g/mol. The Balaban J connectivity index is 2.12. The summed E-state index contributed by atoms with van der Waals surface area (Å²) in [5, 5.41) is 6.09. The SMILES string of the molecule is CCNC(c1ccc(OC)cc1)C(C)Sc1nc(C)cs1. The van der Waals surface area contributed by atoms with Crippen molar-refractivity contribution in [1.82, 2.24) is 10.3 Å². The molecule has 1 aromatic carbocycles. The van der Waals surface area contributed by atoms with Gasteiger partial charge in [0.2, 0.25) is 0 Å². The number of rotatable bonds is 7. The lowest BCUT2D eigenvalue weighted by molar-refractivity contribution is 0.414. The number of aryl methyl sites for hydroxylation is 1. The van der Waals surface area contributed by atoms with Gasteiger partial charge in [0.25, 0.3) is 0 Å². The van der Waals surface area contributed by atoms with Crippen LogP contribution in [-0.4, -0.2) is 23.9 Å². The third-order valence-electron chi connectivity index (χ3n) is 3.25. The van der Waals surface area contributed by atoms with Gasteiger partial charge in [-0.1, -0.05) is 37.7 Å². The number of ether oxygens (including phenoxy) is 1. The lowest BCUT2D eigenvalue weighted by atomic mass is 10.0. The van der Waals surface area contributed by atoms with E-state index in [1.165, 1.54) is 5.56 Å². The van der Waals surface area contributed by atoms with Crippen LogP contribution in [0.1, 0.15) is 31.1 Å². The first-order chi connectivity index (χ1) is 10.1. The summed E-state index contributed by atoms with van der Waals surface area (Å²) in [7, 11) is 1.69. The van der Waals surface area contributed by atoms with Crippen molar-refractivity contribution in [2.75, 3.05) is 13.7 Å². The fraction of sp³-hybridized carbons (Fsp3) is 0.438. The first-order valence-corrected chi connectivity index (χ1v) is 8.86. The highest BCUT2D eigenvalue weighted by Gasteiger charge is 2.20. The molecule has 2 atom stereocenters. The minimum Gasteiger partial charge on any atom is -0.497 e. The molecule has 21 heavy (non-hydrogen) atoms. The van der Waals surface area contributed by atoms with Crippen LogP contribution in [-0.2, 0) is 0 Å². The number of nitrogens with zero attached hydrogens (tertiary/aromatic N) is 1. The molecule has 0 spiro atoms. The Morgan fingerprint density at radius 1 is 1.33 bits per heavy atom. The minimum atomic E-state index is 0.301. The predicted molar refractivity (Wildman–Crippen MR) is 91.6 cm³/mol. The molecule has 2 unspecified atom stereocenters. The Bertz CT molecular complexity index is 554. The van der Waals surface area contributed by atoms with E-state index in [-0.39, 0.29) is 0 Å². The largest absolute Gasteiger partial charge is 0.497 e. The van der Waals surface area contributed by atoms with E-state index in [2.05, 4.69) is 41.7 Å². The van der Waals surface area contributed by atoms with Gasteiger partial charge >= 0.3 is 0 Å². The highest BCUT2D eigenvalue weighted by molar-refractivity contribution is 8.01. The van der Waals surface area contributed by atoms with Gasteiger partial charge in [0.1, 0.15) is 10.1 Å². The highest BCUT2D eigenvalue weighted by atomic mass is 32.2. The van der Waals surface area contributed by atoms with Gasteiger partial charge in [-0.2, -0.15) is 0 Å². The Morgan fingerprint density at radius 2 is 2.05 bits per heavy atom. The van der Waals surface area contributed by atoms with E-state index in [9.17, 15) is 0 Å². The molecule has 0 aliphatic carbocycles. The molecule has 0 radical (unpaired) electrons. The Kier molecular flexibility index (Phi) is 6.08. The van der Waals surface area contributed by atoms with Crippen LogP contribution in [0.3, 0.4) is 0 Å². The second-order valence-electron chi connectivity index (χ2n) is 4.89. The van der Waals surface area contributed by atoms with Gasteiger partial charge in [-0.3, -0.25) is 0 Å². The Hall–Kier alpha value is -1.04. The second kappa shape index (κ2) is 7.82. The van der Waals surface area contributed by atoms with Crippen LogP contribution in [0.5, 0.6) is 5.75 Å². The second-order valence-corrected chi connectivity index (χ2v) is 7.37. The maximum absolute atomic E-state index is 5.23. The standard InChI is InChI=1S/C16H22N2OS2/c1-5-17-15(13-6-8-14(19-4)9-7-13)12(3)21-16-18-11(2)10-20-16/h6-10,12,15,17H,5H2,1-4H3. The Labute approximate surface area is 135 Å². The maximum Gasteiger partial charge on any atom is 0.150 e. The first kappa shape index (κ1) is 16.3. The molecule has 0 saturated carbocycles. The fourth-order valence-electron chi connectivity index (χ4n) is 2.20. The normalized spacial score (nSPS) is 13.9. The monoisotopic (exact) mass is 322 g/mol. The number of thiazole rings is 1. The van der Waals surface area contributed by atoms with Crippen LogP contribution < -0.4 is 10.1 Å². The van der Waals surface area contributed by atoms with Crippen LogP contribution >= 0.6 is 23.1 Å². The van der Waals surface area contributed by atoms with Crippen molar-refractivity contribution in [2.45, 2.75) is 36.4 Å². The number of hydrogen-bond acceptors (Lipinski definition) is 5. The molecule has 0 aliphatic rings. The number of methoxy groups -OCH3 is 1. The average Bonchev–Trinajstić information content (AvgIpc) is 2.90.